The molecule has 6 heteroatoms. The first kappa shape index (κ1) is 27.3. The van der Waals surface area contributed by atoms with Crippen LogP contribution in [0.15, 0.2) is 54.7 Å². The number of fused-ring (bicyclic) bond motifs is 1. The predicted octanol–water partition coefficient (Wildman–Crippen LogP) is 5.81. The van der Waals surface area contributed by atoms with Crippen LogP contribution in [-0.4, -0.2) is 52.3 Å². The SMILES string of the molecule is CCOc1ccc(CN(CCc2c[nH]c3ccccc23)C(=O)CN(C(=O)CC(C)(C)C)C(C)C)cc1. The summed E-state index contributed by atoms with van der Waals surface area (Å²) in [6, 6.07) is 16.0. The largest absolute Gasteiger partial charge is 0.494 e. The zero-order valence-electron chi connectivity index (χ0n) is 22.6. The van der Waals surface area contributed by atoms with Gasteiger partial charge in [-0.1, -0.05) is 51.1 Å². The number of rotatable bonds is 11. The minimum Gasteiger partial charge on any atom is -0.494 e. The lowest BCUT2D eigenvalue weighted by Gasteiger charge is -2.32. The number of hydrogen-bond acceptors (Lipinski definition) is 3. The molecule has 1 aromatic heterocycles. The second kappa shape index (κ2) is 12.1. The number of amides is 2. The van der Waals surface area contributed by atoms with Gasteiger partial charge in [0.15, 0.2) is 0 Å². The van der Waals surface area contributed by atoms with Crippen molar-refractivity contribution in [1.29, 1.82) is 0 Å². The van der Waals surface area contributed by atoms with Crippen LogP contribution in [0.2, 0.25) is 0 Å². The number of benzene rings is 2. The van der Waals surface area contributed by atoms with Crippen molar-refractivity contribution in [2.24, 2.45) is 5.41 Å². The molecule has 6 nitrogen and oxygen atoms in total. The predicted molar refractivity (Wildman–Crippen MR) is 146 cm³/mol. The number of nitrogens with zero attached hydrogens (tertiary/aromatic N) is 2. The monoisotopic (exact) mass is 491 g/mol. The van der Waals surface area contributed by atoms with E-state index in [4.69, 9.17) is 4.74 Å². The lowest BCUT2D eigenvalue weighted by molar-refractivity contribution is -0.143. The van der Waals surface area contributed by atoms with Crippen molar-refractivity contribution in [3.8, 4) is 5.75 Å². The van der Waals surface area contributed by atoms with Gasteiger partial charge in [0.2, 0.25) is 11.8 Å². The summed E-state index contributed by atoms with van der Waals surface area (Å²) in [5.74, 6) is 0.792. The quantitative estimate of drug-likeness (QED) is 0.368. The standard InChI is InChI=1S/C30H41N3O3/c1-7-36-25-14-12-23(13-15-25)20-32(17-16-24-19-31-27-11-9-8-10-26(24)27)29(35)21-33(22(2)3)28(34)18-30(4,5)6/h8-15,19,22,31H,7,16-18,20-21H2,1-6H3. The minimum atomic E-state index is -0.134. The molecule has 0 radical (unpaired) electrons. The van der Waals surface area contributed by atoms with E-state index in [9.17, 15) is 9.59 Å². The molecular formula is C30H41N3O3. The van der Waals surface area contributed by atoms with Crippen LogP contribution in [0.4, 0.5) is 0 Å². The molecule has 0 spiro atoms. The van der Waals surface area contributed by atoms with E-state index in [0.29, 0.717) is 26.1 Å². The zero-order chi connectivity index (χ0) is 26.3. The van der Waals surface area contributed by atoms with Crippen LogP contribution in [-0.2, 0) is 22.6 Å². The summed E-state index contributed by atoms with van der Waals surface area (Å²) in [6.45, 7) is 13.8. The highest BCUT2D eigenvalue weighted by Crippen LogP contribution is 2.22. The molecule has 0 aliphatic carbocycles. The highest BCUT2D eigenvalue weighted by molar-refractivity contribution is 5.86. The van der Waals surface area contributed by atoms with Gasteiger partial charge < -0.3 is 19.5 Å². The van der Waals surface area contributed by atoms with E-state index in [2.05, 4.69) is 17.1 Å². The third kappa shape index (κ3) is 7.61. The van der Waals surface area contributed by atoms with Gasteiger partial charge in [-0.15, -0.1) is 0 Å². The Labute approximate surface area is 215 Å². The summed E-state index contributed by atoms with van der Waals surface area (Å²) >= 11 is 0. The smallest absolute Gasteiger partial charge is 0.242 e. The second-order valence-electron chi connectivity index (χ2n) is 10.9. The second-order valence-corrected chi connectivity index (χ2v) is 10.9. The Morgan fingerprint density at radius 2 is 1.69 bits per heavy atom. The minimum absolute atomic E-state index is 0.0171. The van der Waals surface area contributed by atoms with Crippen molar-refractivity contribution in [2.45, 2.75) is 67.0 Å². The third-order valence-electron chi connectivity index (χ3n) is 6.22. The molecule has 2 aromatic carbocycles. The van der Waals surface area contributed by atoms with Crippen LogP contribution in [0.1, 0.15) is 59.1 Å². The fourth-order valence-corrected chi connectivity index (χ4v) is 4.32. The summed E-state index contributed by atoms with van der Waals surface area (Å²) < 4.78 is 5.57. The summed E-state index contributed by atoms with van der Waals surface area (Å²) in [5.41, 5.74) is 3.17. The topological polar surface area (TPSA) is 65.6 Å². The Hall–Kier alpha value is -3.28. The maximum Gasteiger partial charge on any atom is 0.242 e. The van der Waals surface area contributed by atoms with Crippen LogP contribution in [0.3, 0.4) is 0 Å². The van der Waals surface area contributed by atoms with Crippen molar-refractivity contribution in [3.05, 3.63) is 65.9 Å². The molecule has 0 bridgehead atoms. The molecule has 0 atom stereocenters. The molecule has 3 aromatic rings. The molecule has 36 heavy (non-hydrogen) atoms. The Bertz CT molecular complexity index is 1140. The van der Waals surface area contributed by atoms with Gasteiger partial charge in [-0.2, -0.15) is 0 Å². The van der Waals surface area contributed by atoms with Gasteiger partial charge >= 0.3 is 0 Å². The molecule has 2 amide bonds. The van der Waals surface area contributed by atoms with Crippen molar-refractivity contribution >= 4 is 22.7 Å². The lowest BCUT2D eigenvalue weighted by atomic mass is 9.91. The number of para-hydroxylation sites is 1. The van der Waals surface area contributed by atoms with E-state index in [0.717, 1.165) is 23.3 Å². The number of hydrogen-bond donors (Lipinski definition) is 1. The molecule has 0 unspecified atom stereocenters. The van der Waals surface area contributed by atoms with Gasteiger partial charge in [-0.05, 0) is 61.9 Å². The Balaban J connectivity index is 1.79. The van der Waals surface area contributed by atoms with E-state index in [1.807, 2.05) is 89.0 Å². The van der Waals surface area contributed by atoms with Gasteiger partial charge in [0.05, 0.1) is 13.2 Å². The van der Waals surface area contributed by atoms with Crippen molar-refractivity contribution in [3.63, 3.8) is 0 Å². The maximum atomic E-state index is 13.6. The van der Waals surface area contributed by atoms with Crippen molar-refractivity contribution < 1.29 is 14.3 Å². The summed E-state index contributed by atoms with van der Waals surface area (Å²) in [5, 5.41) is 1.18. The number of ether oxygens (including phenoxy) is 1. The number of nitrogens with one attached hydrogen (secondary N) is 1. The number of carbonyl (C=O) groups is 2. The van der Waals surface area contributed by atoms with Gasteiger partial charge in [-0.25, -0.2) is 0 Å². The molecule has 3 rings (SSSR count). The number of aromatic nitrogens is 1. The van der Waals surface area contributed by atoms with Crippen LogP contribution >= 0.6 is 0 Å². The molecule has 0 fully saturated rings. The van der Waals surface area contributed by atoms with Gasteiger partial charge in [0, 0.05) is 42.7 Å². The van der Waals surface area contributed by atoms with Crippen LogP contribution in [0, 0.1) is 5.41 Å². The fourth-order valence-electron chi connectivity index (χ4n) is 4.32. The fraction of sp³-hybridized carbons (Fsp3) is 0.467. The van der Waals surface area contributed by atoms with Crippen molar-refractivity contribution in [2.75, 3.05) is 19.7 Å². The first-order valence-electron chi connectivity index (χ1n) is 12.9. The summed E-state index contributed by atoms with van der Waals surface area (Å²) in [6.07, 6.45) is 3.16. The Morgan fingerprint density at radius 3 is 2.33 bits per heavy atom. The zero-order valence-corrected chi connectivity index (χ0v) is 22.6. The van der Waals surface area contributed by atoms with E-state index in [-0.39, 0.29) is 29.8 Å². The Morgan fingerprint density at radius 1 is 1.00 bits per heavy atom. The molecule has 1 N–H and O–H groups in total. The molecule has 0 saturated carbocycles. The van der Waals surface area contributed by atoms with Crippen molar-refractivity contribution in [1.82, 2.24) is 14.8 Å². The normalized spacial score (nSPS) is 11.6. The molecular weight excluding hydrogens is 450 g/mol. The summed E-state index contributed by atoms with van der Waals surface area (Å²) in [4.78, 5) is 33.6. The van der Waals surface area contributed by atoms with E-state index < -0.39 is 0 Å². The number of carbonyl (C=O) groups excluding carboxylic acids is 2. The lowest BCUT2D eigenvalue weighted by Crippen LogP contribution is -2.46. The third-order valence-corrected chi connectivity index (χ3v) is 6.22. The first-order chi connectivity index (χ1) is 17.1. The molecule has 1 heterocycles. The van der Waals surface area contributed by atoms with E-state index in [1.54, 1.807) is 4.90 Å². The number of H-pyrrole nitrogens is 1. The average molecular weight is 492 g/mol. The highest BCUT2D eigenvalue weighted by atomic mass is 16.5. The van der Waals surface area contributed by atoms with E-state index in [1.165, 1.54) is 10.9 Å². The molecule has 0 aliphatic rings. The molecule has 0 saturated heterocycles. The van der Waals surface area contributed by atoms with E-state index >= 15 is 0 Å². The highest BCUT2D eigenvalue weighted by Gasteiger charge is 2.27. The first-order valence-corrected chi connectivity index (χ1v) is 12.9. The van der Waals surface area contributed by atoms with Crippen LogP contribution < -0.4 is 4.74 Å². The van der Waals surface area contributed by atoms with Gasteiger partial charge in [-0.3, -0.25) is 9.59 Å². The van der Waals surface area contributed by atoms with Crippen LogP contribution in [0.25, 0.3) is 10.9 Å². The summed E-state index contributed by atoms with van der Waals surface area (Å²) in [7, 11) is 0. The number of aromatic amines is 1. The van der Waals surface area contributed by atoms with Crippen LogP contribution in [0.5, 0.6) is 5.75 Å². The average Bonchev–Trinajstić information content (AvgIpc) is 3.23. The molecule has 0 aliphatic heterocycles. The molecule has 194 valence electrons. The maximum absolute atomic E-state index is 13.6. The van der Waals surface area contributed by atoms with Gasteiger partial charge in [0.1, 0.15) is 5.75 Å². The van der Waals surface area contributed by atoms with Gasteiger partial charge in [0.25, 0.3) is 0 Å². The Kier molecular flexibility index (Phi) is 9.19.